The molecular formula is C6H3Br3N2. The lowest BCUT2D eigenvalue weighted by Gasteiger charge is -1.93. The van der Waals surface area contributed by atoms with Gasteiger partial charge in [0.2, 0.25) is 0 Å². The lowest BCUT2D eigenvalue weighted by Crippen LogP contribution is -1.90. The van der Waals surface area contributed by atoms with Gasteiger partial charge in [-0.15, -0.1) is 0 Å². The van der Waals surface area contributed by atoms with Crippen LogP contribution in [0.25, 0.3) is 0 Å². The van der Waals surface area contributed by atoms with Crippen LogP contribution in [-0.2, 0) is 7.05 Å². The van der Waals surface area contributed by atoms with Gasteiger partial charge in [0.15, 0.2) is 0 Å². The largest absolute Gasteiger partial charge is 0.328 e. The van der Waals surface area contributed by atoms with E-state index in [0.29, 0.717) is 5.69 Å². The van der Waals surface area contributed by atoms with E-state index in [0.717, 1.165) is 13.5 Å². The van der Waals surface area contributed by atoms with E-state index in [1.54, 1.807) is 4.57 Å². The summed E-state index contributed by atoms with van der Waals surface area (Å²) >= 11 is 9.94. The highest BCUT2D eigenvalue weighted by Gasteiger charge is 2.14. The van der Waals surface area contributed by atoms with Gasteiger partial charge in [-0.1, -0.05) is 0 Å². The average Bonchev–Trinajstić information content (AvgIpc) is 2.17. The molecule has 58 valence electrons. The molecule has 0 aliphatic carbocycles. The van der Waals surface area contributed by atoms with Crippen molar-refractivity contribution in [1.82, 2.24) is 4.57 Å². The molecule has 0 aliphatic heterocycles. The molecule has 0 unspecified atom stereocenters. The van der Waals surface area contributed by atoms with Gasteiger partial charge in [0.1, 0.15) is 16.4 Å². The number of nitrogens with zero attached hydrogens (tertiary/aromatic N) is 2. The number of hydrogen-bond acceptors (Lipinski definition) is 1. The van der Waals surface area contributed by atoms with Crippen LogP contribution in [0.4, 0.5) is 0 Å². The molecule has 0 N–H and O–H groups in total. The summed E-state index contributed by atoms with van der Waals surface area (Å²) in [6, 6.07) is 2.08. The molecule has 0 fully saturated rings. The van der Waals surface area contributed by atoms with Gasteiger partial charge in [0, 0.05) is 7.05 Å². The summed E-state index contributed by atoms with van der Waals surface area (Å²) in [5.74, 6) is 0. The molecule has 0 aromatic carbocycles. The van der Waals surface area contributed by atoms with Gasteiger partial charge < -0.3 is 4.57 Å². The zero-order valence-electron chi connectivity index (χ0n) is 5.53. The summed E-state index contributed by atoms with van der Waals surface area (Å²) in [6.45, 7) is 0. The predicted molar refractivity (Wildman–Crippen MR) is 53.2 cm³/mol. The lowest BCUT2D eigenvalue weighted by molar-refractivity contribution is 0.880. The smallest absolute Gasteiger partial charge is 0.136 e. The summed E-state index contributed by atoms with van der Waals surface area (Å²) < 4.78 is 4.28. The molecule has 1 heterocycles. The normalized spacial score (nSPS) is 9.73. The van der Waals surface area contributed by atoms with Crippen LogP contribution >= 0.6 is 47.8 Å². The zero-order valence-corrected chi connectivity index (χ0v) is 10.3. The molecule has 5 heteroatoms. The minimum Gasteiger partial charge on any atom is -0.328 e. The SMILES string of the molecule is Cn1c(Br)c(Br)c(Br)c1C#N. The van der Waals surface area contributed by atoms with Crippen molar-refractivity contribution in [3.05, 3.63) is 19.2 Å². The van der Waals surface area contributed by atoms with Crippen molar-refractivity contribution in [2.75, 3.05) is 0 Å². The Labute approximate surface area is 89.6 Å². The van der Waals surface area contributed by atoms with Crippen LogP contribution in [0, 0.1) is 11.3 Å². The van der Waals surface area contributed by atoms with E-state index in [2.05, 4.69) is 53.9 Å². The molecule has 0 aliphatic rings. The summed E-state index contributed by atoms with van der Waals surface area (Å²) in [6.07, 6.45) is 0. The first-order valence-electron chi connectivity index (χ1n) is 2.68. The Hall–Kier alpha value is 0.210. The first kappa shape index (κ1) is 9.30. The summed E-state index contributed by atoms with van der Waals surface area (Å²) in [5, 5.41) is 8.69. The zero-order chi connectivity index (χ0) is 8.59. The second-order valence-electron chi connectivity index (χ2n) is 1.94. The Kier molecular flexibility index (Phi) is 2.79. The molecule has 1 aromatic heterocycles. The Balaban J connectivity index is 3.51. The van der Waals surface area contributed by atoms with Crippen molar-refractivity contribution in [1.29, 1.82) is 5.26 Å². The van der Waals surface area contributed by atoms with Crippen LogP contribution in [0.3, 0.4) is 0 Å². The maximum absolute atomic E-state index is 8.69. The fourth-order valence-corrected chi connectivity index (χ4v) is 2.35. The van der Waals surface area contributed by atoms with Gasteiger partial charge in [0.25, 0.3) is 0 Å². The summed E-state index contributed by atoms with van der Waals surface area (Å²) in [7, 11) is 1.82. The minimum atomic E-state index is 0.601. The van der Waals surface area contributed by atoms with Crippen molar-refractivity contribution >= 4 is 47.8 Å². The number of hydrogen-bond donors (Lipinski definition) is 0. The van der Waals surface area contributed by atoms with Gasteiger partial charge in [-0.05, 0) is 47.8 Å². The van der Waals surface area contributed by atoms with Crippen LogP contribution in [0.15, 0.2) is 13.5 Å². The highest BCUT2D eigenvalue weighted by molar-refractivity contribution is 9.14. The van der Waals surface area contributed by atoms with Crippen LogP contribution in [0.2, 0.25) is 0 Å². The third kappa shape index (κ3) is 1.40. The van der Waals surface area contributed by atoms with Gasteiger partial charge in [0.05, 0.1) is 8.95 Å². The van der Waals surface area contributed by atoms with Crippen LogP contribution in [-0.4, -0.2) is 4.57 Å². The van der Waals surface area contributed by atoms with Gasteiger partial charge in [-0.2, -0.15) is 5.26 Å². The molecule has 0 bridgehead atoms. The standard InChI is InChI=1S/C6H3Br3N2/c1-11-3(2-10)4(7)5(8)6(11)9/h1H3. The maximum Gasteiger partial charge on any atom is 0.136 e. The quantitative estimate of drug-likeness (QED) is 0.712. The van der Waals surface area contributed by atoms with Crippen LogP contribution < -0.4 is 0 Å². The second-order valence-corrected chi connectivity index (χ2v) is 4.28. The Morgan fingerprint density at radius 3 is 2.00 bits per heavy atom. The molecule has 1 aromatic rings. The third-order valence-electron chi connectivity index (χ3n) is 1.32. The Morgan fingerprint density at radius 2 is 1.82 bits per heavy atom. The van der Waals surface area contributed by atoms with E-state index >= 15 is 0 Å². The van der Waals surface area contributed by atoms with Crippen LogP contribution in [0.5, 0.6) is 0 Å². The van der Waals surface area contributed by atoms with Crippen molar-refractivity contribution in [2.24, 2.45) is 7.05 Å². The predicted octanol–water partition coefficient (Wildman–Crippen LogP) is 3.18. The lowest BCUT2D eigenvalue weighted by atomic mass is 10.5. The fourth-order valence-electron chi connectivity index (χ4n) is 0.711. The van der Waals surface area contributed by atoms with Crippen molar-refractivity contribution in [3.63, 3.8) is 0 Å². The van der Waals surface area contributed by atoms with E-state index in [1.165, 1.54) is 0 Å². The molecule has 0 amide bonds. The molecule has 0 atom stereocenters. The van der Waals surface area contributed by atoms with Crippen LogP contribution in [0.1, 0.15) is 5.69 Å². The van der Waals surface area contributed by atoms with Gasteiger partial charge in [-0.25, -0.2) is 0 Å². The summed E-state index contributed by atoms with van der Waals surface area (Å²) in [4.78, 5) is 0. The molecule has 11 heavy (non-hydrogen) atoms. The summed E-state index contributed by atoms with van der Waals surface area (Å²) in [5.41, 5.74) is 0.601. The van der Waals surface area contributed by atoms with E-state index in [-0.39, 0.29) is 0 Å². The monoisotopic (exact) mass is 340 g/mol. The molecule has 0 saturated heterocycles. The van der Waals surface area contributed by atoms with E-state index in [1.807, 2.05) is 7.05 Å². The van der Waals surface area contributed by atoms with E-state index in [9.17, 15) is 0 Å². The van der Waals surface area contributed by atoms with Crippen molar-refractivity contribution < 1.29 is 0 Å². The highest BCUT2D eigenvalue weighted by Crippen LogP contribution is 2.35. The Morgan fingerprint density at radius 1 is 1.27 bits per heavy atom. The third-order valence-corrected chi connectivity index (χ3v) is 4.85. The maximum atomic E-state index is 8.69. The topological polar surface area (TPSA) is 28.7 Å². The second kappa shape index (κ2) is 3.30. The number of nitriles is 1. The first-order chi connectivity index (χ1) is 5.09. The first-order valence-corrected chi connectivity index (χ1v) is 5.06. The van der Waals surface area contributed by atoms with Gasteiger partial charge in [-0.3, -0.25) is 0 Å². The fraction of sp³-hybridized carbons (Fsp3) is 0.167. The number of halogens is 3. The van der Waals surface area contributed by atoms with Crippen molar-refractivity contribution in [3.8, 4) is 6.07 Å². The molecule has 0 spiro atoms. The molecule has 2 nitrogen and oxygen atoms in total. The molecule has 0 saturated carbocycles. The van der Waals surface area contributed by atoms with E-state index < -0.39 is 0 Å². The van der Waals surface area contributed by atoms with E-state index in [4.69, 9.17) is 5.26 Å². The molecule has 0 radical (unpaired) electrons. The highest BCUT2D eigenvalue weighted by atomic mass is 79.9. The average molecular weight is 343 g/mol. The minimum absolute atomic E-state index is 0.601. The van der Waals surface area contributed by atoms with Gasteiger partial charge >= 0.3 is 0 Å². The number of aromatic nitrogens is 1. The Bertz CT molecular complexity index is 309. The number of rotatable bonds is 0. The molecule has 1 rings (SSSR count). The van der Waals surface area contributed by atoms with Crippen molar-refractivity contribution in [2.45, 2.75) is 0 Å². The molecular weight excluding hydrogens is 340 g/mol.